The number of hydrogen-bond acceptors (Lipinski definition) is 7. The molecule has 1 unspecified atom stereocenters. The highest BCUT2D eigenvalue weighted by molar-refractivity contribution is 7.98. The summed E-state index contributed by atoms with van der Waals surface area (Å²) >= 11 is 1.53. The minimum absolute atomic E-state index is 0.0186. The van der Waals surface area contributed by atoms with Crippen LogP contribution in [-0.4, -0.2) is 69.9 Å². The smallest absolute Gasteiger partial charge is 0.326 e. The van der Waals surface area contributed by atoms with Crippen LogP contribution < -0.4 is 10.6 Å². The molecule has 0 heterocycles. The molecule has 0 bridgehead atoms. The second-order valence-electron chi connectivity index (χ2n) is 11.4. The molecule has 3 N–H and O–H groups in total. The van der Waals surface area contributed by atoms with E-state index in [2.05, 4.69) is 24.5 Å². The van der Waals surface area contributed by atoms with Gasteiger partial charge in [0.1, 0.15) is 6.04 Å². The average molecular weight is 637 g/mol. The van der Waals surface area contributed by atoms with Crippen molar-refractivity contribution in [2.75, 3.05) is 25.1 Å². The summed E-state index contributed by atoms with van der Waals surface area (Å²) in [4.78, 5) is 50.6. The predicted octanol–water partition coefficient (Wildman–Crippen LogP) is 5.43. The molecule has 0 aliphatic heterocycles. The molecule has 10 nitrogen and oxygen atoms in total. The van der Waals surface area contributed by atoms with Gasteiger partial charge in [-0.15, -0.1) is 0 Å². The summed E-state index contributed by atoms with van der Waals surface area (Å²) in [5, 5.41) is 28.6. The van der Waals surface area contributed by atoms with Crippen molar-refractivity contribution in [1.82, 2.24) is 15.5 Å². The van der Waals surface area contributed by atoms with E-state index < -0.39 is 16.9 Å². The molecule has 45 heavy (non-hydrogen) atoms. The maximum atomic E-state index is 13.2. The van der Waals surface area contributed by atoms with Crippen molar-refractivity contribution in [2.45, 2.75) is 64.6 Å². The number of thioether (sulfide) groups is 1. The van der Waals surface area contributed by atoms with Crippen LogP contribution in [0.2, 0.25) is 0 Å². The van der Waals surface area contributed by atoms with Crippen LogP contribution in [0.3, 0.4) is 0 Å². The molecule has 0 fully saturated rings. The highest BCUT2D eigenvalue weighted by atomic mass is 32.2. The third-order valence-corrected chi connectivity index (χ3v) is 8.68. The molecule has 242 valence electrons. The summed E-state index contributed by atoms with van der Waals surface area (Å²) in [6.07, 6.45) is 4.55. The fraction of sp³-hybridized carbons (Fsp3) is 0.441. The molecule has 11 heteroatoms. The number of aliphatic carboxylic acids is 1. The number of benzene rings is 3. The number of hydrogen-bond donors (Lipinski definition) is 3. The van der Waals surface area contributed by atoms with E-state index in [0.717, 1.165) is 28.3 Å². The lowest BCUT2D eigenvalue weighted by Crippen LogP contribution is -2.51. The van der Waals surface area contributed by atoms with E-state index in [1.54, 1.807) is 12.1 Å². The van der Waals surface area contributed by atoms with E-state index >= 15 is 0 Å². The maximum absolute atomic E-state index is 13.2. The number of carboxylic acids is 1. The zero-order valence-corrected chi connectivity index (χ0v) is 27.1. The molecule has 0 saturated heterocycles. The lowest BCUT2D eigenvalue weighted by Gasteiger charge is -2.31. The predicted molar refractivity (Wildman–Crippen MR) is 179 cm³/mol. The highest BCUT2D eigenvalue weighted by Gasteiger charge is 2.25. The lowest BCUT2D eigenvalue weighted by atomic mass is 9.97. The first kappa shape index (κ1) is 35.5. The quantitative estimate of drug-likeness (QED) is 0.117. The number of carboxylic acid groups (broad SMARTS) is 1. The van der Waals surface area contributed by atoms with Gasteiger partial charge in [-0.1, -0.05) is 74.9 Å². The van der Waals surface area contributed by atoms with Gasteiger partial charge in [0.05, 0.1) is 11.5 Å². The molecule has 0 aromatic heterocycles. The first-order chi connectivity index (χ1) is 21.6. The van der Waals surface area contributed by atoms with Gasteiger partial charge in [0.15, 0.2) is 0 Å². The van der Waals surface area contributed by atoms with Crippen LogP contribution in [0.1, 0.15) is 50.7 Å². The Bertz CT molecular complexity index is 1430. The number of nitro benzene ring substituents is 1. The first-order valence-electron chi connectivity index (χ1n) is 15.3. The van der Waals surface area contributed by atoms with E-state index in [1.165, 1.54) is 23.9 Å². The fourth-order valence-electron chi connectivity index (χ4n) is 5.24. The van der Waals surface area contributed by atoms with Crippen LogP contribution in [0, 0.1) is 16.0 Å². The number of fused-ring (bicyclic) bond motifs is 1. The van der Waals surface area contributed by atoms with Gasteiger partial charge in [-0.2, -0.15) is 11.8 Å². The summed E-state index contributed by atoms with van der Waals surface area (Å²) in [6, 6.07) is 19.3. The molecule has 0 radical (unpaired) electrons. The Balaban J connectivity index is 1.73. The summed E-state index contributed by atoms with van der Waals surface area (Å²) in [5.41, 5.74) is 2.00. The topological polar surface area (TPSA) is 142 Å². The summed E-state index contributed by atoms with van der Waals surface area (Å²) < 4.78 is 0. The second kappa shape index (κ2) is 18.1. The van der Waals surface area contributed by atoms with Crippen LogP contribution in [0.25, 0.3) is 10.8 Å². The van der Waals surface area contributed by atoms with E-state index in [0.29, 0.717) is 44.5 Å². The molecule has 0 aliphatic rings. The SMILES string of the molecule is CCC(C)[C@@H](CN(CC(=O)N[C@@H](CCSC)C(=O)O)Cc1cccc2ccccc12)NC(=O)CCCc1ccc([N+](=O)[O-])cc1. The number of aryl methyl sites for hydroxylation is 1. The average Bonchev–Trinajstić information content (AvgIpc) is 3.02. The fourth-order valence-corrected chi connectivity index (χ4v) is 5.71. The van der Waals surface area contributed by atoms with Gasteiger partial charge in [-0.25, -0.2) is 4.79 Å². The Kier molecular flexibility index (Phi) is 14.3. The van der Waals surface area contributed by atoms with Crippen molar-refractivity contribution in [1.29, 1.82) is 0 Å². The number of nitrogens with one attached hydrogen (secondary N) is 2. The standard InChI is InChI=1S/C34H44N4O6S/c1-4-24(2)31(36-32(39)14-7-9-25-15-17-28(18-16-25)38(43)44)22-37(23-33(40)35-30(34(41)42)19-20-45-3)21-27-12-8-11-26-10-5-6-13-29(26)27/h5-6,8,10-13,15-18,24,30-31H,4,7,9,14,19-23H2,1-3H3,(H,35,40)(H,36,39)(H,41,42)/t24?,30-,31+/m0/s1. The Hall–Kier alpha value is -3.96. The number of carbonyl (C=O) groups excluding carboxylic acids is 2. The minimum Gasteiger partial charge on any atom is -0.480 e. The Labute approximate surface area is 269 Å². The molecule has 0 spiro atoms. The van der Waals surface area contributed by atoms with Crippen LogP contribution in [0.4, 0.5) is 5.69 Å². The van der Waals surface area contributed by atoms with Crippen LogP contribution in [0.5, 0.6) is 0 Å². The van der Waals surface area contributed by atoms with E-state index in [9.17, 15) is 29.6 Å². The monoisotopic (exact) mass is 636 g/mol. The molecular weight excluding hydrogens is 592 g/mol. The Morgan fingerprint density at radius 3 is 2.38 bits per heavy atom. The molecule has 3 aromatic rings. The van der Waals surface area contributed by atoms with Crippen molar-refractivity contribution >= 4 is 46.0 Å². The van der Waals surface area contributed by atoms with Gasteiger partial charge >= 0.3 is 5.97 Å². The van der Waals surface area contributed by atoms with Crippen LogP contribution in [-0.2, 0) is 27.3 Å². The van der Waals surface area contributed by atoms with Gasteiger partial charge in [-0.05, 0) is 59.1 Å². The lowest BCUT2D eigenvalue weighted by molar-refractivity contribution is -0.384. The van der Waals surface area contributed by atoms with Gasteiger partial charge in [0.2, 0.25) is 11.8 Å². The number of non-ortho nitro benzene ring substituents is 1. The van der Waals surface area contributed by atoms with Gasteiger partial charge in [0.25, 0.3) is 5.69 Å². The van der Waals surface area contributed by atoms with Gasteiger partial charge in [-0.3, -0.25) is 24.6 Å². The van der Waals surface area contributed by atoms with Crippen LogP contribution in [0.15, 0.2) is 66.7 Å². The number of nitrogens with zero attached hydrogens (tertiary/aromatic N) is 2. The third kappa shape index (κ3) is 11.5. The molecule has 3 atom stereocenters. The number of carbonyl (C=O) groups is 3. The van der Waals surface area contributed by atoms with Crippen molar-refractivity contribution in [3.05, 3.63) is 88.0 Å². The third-order valence-electron chi connectivity index (χ3n) is 8.03. The van der Waals surface area contributed by atoms with E-state index in [4.69, 9.17) is 0 Å². The van der Waals surface area contributed by atoms with Crippen molar-refractivity contribution in [3.63, 3.8) is 0 Å². The molecule has 3 rings (SSSR count). The number of rotatable bonds is 19. The molecule has 0 saturated carbocycles. The van der Waals surface area contributed by atoms with Crippen molar-refractivity contribution in [3.8, 4) is 0 Å². The summed E-state index contributed by atoms with van der Waals surface area (Å²) in [6.45, 7) is 4.96. The van der Waals surface area contributed by atoms with Crippen LogP contribution >= 0.6 is 11.8 Å². The van der Waals surface area contributed by atoms with Crippen molar-refractivity contribution in [2.24, 2.45) is 5.92 Å². The van der Waals surface area contributed by atoms with E-state index in [-0.39, 0.29) is 36.0 Å². The normalized spacial score (nSPS) is 13.2. The molecule has 3 aromatic carbocycles. The second-order valence-corrected chi connectivity index (χ2v) is 12.4. The molecule has 2 amide bonds. The largest absolute Gasteiger partial charge is 0.480 e. The zero-order chi connectivity index (χ0) is 32.8. The number of nitro groups is 1. The number of amides is 2. The zero-order valence-electron chi connectivity index (χ0n) is 26.2. The van der Waals surface area contributed by atoms with Gasteiger partial charge in [0, 0.05) is 37.7 Å². The maximum Gasteiger partial charge on any atom is 0.326 e. The Morgan fingerprint density at radius 2 is 1.71 bits per heavy atom. The van der Waals surface area contributed by atoms with E-state index in [1.807, 2.05) is 53.6 Å². The first-order valence-corrected chi connectivity index (χ1v) is 16.7. The molecule has 0 aliphatic carbocycles. The summed E-state index contributed by atoms with van der Waals surface area (Å²) in [5.74, 6) is -0.795. The Morgan fingerprint density at radius 1 is 1.00 bits per heavy atom. The summed E-state index contributed by atoms with van der Waals surface area (Å²) in [7, 11) is 0. The highest BCUT2D eigenvalue weighted by Crippen LogP contribution is 2.21. The van der Waals surface area contributed by atoms with Crippen molar-refractivity contribution < 1.29 is 24.4 Å². The molecular formula is C34H44N4O6S. The van der Waals surface area contributed by atoms with Gasteiger partial charge < -0.3 is 15.7 Å². The minimum atomic E-state index is -1.06.